The van der Waals surface area contributed by atoms with Crippen LogP contribution in [0.15, 0.2) is 12.5 Å². The topological polar surface area (TPSA) is 29.9 Å². The molecule has 0 spiro atoms. The summed E-state index contributed by atoms with van der Waals surface area (Å²) in [7, 11) is 0. The Balaban J connectivity index is 1.73. The van der Waals surface area contributed by atoms with E-state index in [2.05, 4.69) is 34.9 Å². The highest BCUT2D eigenvalue weighted by Crippen LogP contribution is 2.27. The van der Waals surface area contributed by atoms with Crippen molar-refractivity contribution in [2.24, 2.45) is 5.92 Å². The van der Waals surface area contributed by atoms with Crippen molar-refractivity contribution in [2.45, 2.75) is 45.3 Å². The van der Waals surface area contributed by atoms with Crippen LogP contribution in [-0.4, -0.2) is 22.3 Å². The van der Waals surface area contributed by atoms with Gasteiger partial charge in [-0.25, -0.2) is 4.98 Å². The fourth-order valence-corrected chi connectivity index (χ4v) is 2.03. The van der Waals surface area contributed by atoms with Gasteiger partial charge < -0.3 is 9.88 Å². The van der Waals surface area contributed by atoms with E-state index in [4.69, 9.17) is 0 Å². The Morgan fingerprint density at radius 2 is 2.31 bits per heavy atom. The number of rotatable bonds is 5. The van der Waals surface area contributed by atoms with Crippen molar-refractivity contribution in [3.8, 4) is 0 Å². The van der Waals surface area contributed by atoms with Crippen LogP contribution in [0.25, 0.3) is 0 Å². The van der Waals surface area contributed by atoms with Gasteiger partial charge in [0.05, 0.1) is 18.7 Å². The number of hydrogen-bond acceptors (Lipinski definition) is 2. The Kier molecular flexibility index (Phi) is 3.59. The van der Waals surface area contributed by atoms with E-state index in [1.165, 1.54) is 0 Å². The molecule has 2 rings (SSSR count). The summed E-state index contributed by atoms with van der Waals surface area (Å²) in [6.07, 6.45) is 5.89. The zero-order valence-corrected chi connectivity index (χ0v) is 9.99. The van der Waals surface area contributed by atoms with Crippen LogP contribution >= 0.6 is 0 Å². The maximum atomic E-state index is 12.2. The highest BCUT2D eigenvalue weighted by atomic mass is 19.1. The van der Waals surface area contributed by atoms with Crippen LogP contribution in [0.5, 0.6) is 0 Å². The second-order valence-electron chi connectivity index (χ2n) is 4.98. The molecule has 1 N–H and O–H groups in total. The summed E-state index contributed by atoms with van der Waals surface area (Å²) in [6.45, 7) is 4.90. The third-order valence-corrected chi connectivity index (χ3v) is 3.28. The van der Waals surface area contributed by atoms with Crippen LogP contribution in [0.3, 0.4) is 0 Å². The first-order valence-electron chi connectivity index (χ1n) is 6.00. The van der Waals surface area contributed by atoms with Gasteiger partial charge >= 0.3 is 0 Å². The van der Waals surface area contributed by atoms with E-state index in [0.717, 1.165) is 25.1 Å². The van der Waals surface area contributed by atoms with Crippen LogP contribution < -0.4 is 5.32 Å². The molecule has 0 unspecified atom stereocenters. The van der Waals surface area contributed by atoms with E-state index < -0.39 is 0 Å². The monoisotopic (exact) mass is 225 g/mol. The first-order chi connectivity index (χ1) is 7.69. The summed E-state index contributed by atoms with van der Waals surface area (Å²) in [4.78, 5) is 4.33. The van der Waals surface area contributed by atoms with Crippen molar-refractivity contribution in [2.75, 3.05) is 6.67 Å². The van der Waals surface area contributed by atoms with E-state index in [1.54, 1.807) is 0 Å². The van der Waals surface area contributed by atoms with Gasteiger partial charge in [-0.3, -0.25) is 4.39 Å². The Morgan fingerprint density at radius 3 is 2.88 bits per heavy atom. The normalized spacial score (nSPS) is 24.8. The molecule has 0 bridgehead atoms. The molecule has 16 heavy (non-hydrogen) atoms. The van der Waals surface area contributed by atoms with Crippen molar-refractivity contribution in [3.63, 3.8) is 0 Å². The van der Waals surface area contributed by atoms with E-state index in [-0.39, 0.29) is 6.67 Å². The van der Waals surface area contributed by atoms with Gasteiger partial charge in [-0.2, -0.15) is 0 Å². The molecule has 1 aromatic heterocycles. The highest BCUT2D eigenvalue weighted by Gasteiger charge is 2.28. The molecule has 0 atom stereocenters. The van der Waals surface area contributed by atoms with E-state index >= 15 is 0 Å². The van der Waals surface area contributed by atoms with Crippen LogP contribution in [0.1, 0.15) is 38.4 Å². The van der Waals surface area contributed by atoms with Crippen molar-refractivity contribution in [1.82, 2.24) is 14.9 Å². The third kappa shape index (κ3) is 2.61. The number of alkyl halides is 1. The molecule has 0 aliphatic heterocycles. The molecule has 4 heteroatoms. The molecule has 3 nitrogen and oxygen atoms in total. The number of aromatic nitrogens is 2. The van der Waals surface area contributed by atoms with Gasteiger partial charge in [0.15, 0.2) is 0 Å². The Labute approximate surface area is 96.1 Å². The Morgan fingerprint density at radius 1 is 1.56 bits per heavy atom. The van der Waals surface area contributed by atoms with Crippen molar-refractivity contribution in [1.29, 1.82) is 0 Å². The number of imidazole rings is 1. The van der Waals surface area contributed by atoms with Gasteiger partial charge in [-0.15, -0.1) is 0 Å². The lowest BCUT2D eigenvalue weighted by atomic mass is 9.81. The largest absolute Gasteiger partial charge is 0.335 e. The fourth-order valence-electron chi connectivity index (χ4n) is 2.03. The van der Waals surface area contributed by atoms with Crippen LogP contribution in [-0.2, 0) is 6.54 Å². The second-order valence-corrected chi connectivity index (χ2v) is 4.98. The van der Waals surface area contributed by atoms with E-state index in [0.29, 0.717) is 18.0 Å². The molecule has 0 radical (unpaired) electrons. The summed E-state index contributed by atoms with van der Waals surface area (Å²) in [6, 6.07) is 0.950. The standard InChI is InChI=1S/C12H20FN3/c1-9(2)16-7-12(15-8-16)6-14-11-3-10(4-11)5-13/h7-11,14H,3-6H2,1-2H3. The zero-order chi connectivity index (χ0) is 11.5. The lowest BCUT2D eigenvalue weighted by molar-refractivity contribution is 0.179. The van der Waals surface area contributed by atoms with Gasteiger partial charge in [0.25, 0.3) is 0 Å². The number of halogens is 1. The summed E-state index contributed by atoms with van der Waals surface area (Å²) in [5.41, 5.74) is 1.07. The zero-order valence-electron chi connectivity index (χ0n) is 9.99. The predicted molar refractivity (Wildman–Crippen MR) is 61.9 cm³/mol. The SMILES string of the molecule is CC(C)n1cnc(CNC2CC(CF)C2)c1. The molecule has 1 saturated carbocycles. The maximum absolute atomic E-state index is 12.2. The number of hydrogen-bond donors (Lipinski definition) is 1. The minimum Gasteiger partial charge on any atom is -0.335 e. The van der Waals surface area contributed by atoms with E-state index in [1.807, 2.05) is 6.33 Å². The average molecular weight is 225 g/mol. The highest BCUT2D eigenvalue weighted by molar-refractivity contribution is 4.98. The van der Waals surface area contributed by atoms with Gasteiger partial charge in [0, 0.05) is 24.8 Å². The van der Waals surface area contributed by atoms with Gasteiger partial charge in [0.1, 0.15) is 0 Å². The first-order valence-corrected chi connectivity index (χ1v) is 6.00. The van der Waals surface area contributed by atoms with Gasteiger partial charge in [-0.1, -0.05) is 0 Å². The van der Waals surface area contributed by atoms with Crippen LogP contribution in [0, 0.1) is 5.92 Å². The molecule has 1 aromatic rings. The Hall–Kier alpha value is -0.900. The predicted octanol–water partition coefficient (Wildman–Crippen LogP) is 2.30. The molecule has 1 fully saturated rings. The molecule has 1 aliphatic carbocycles. The molecule has 1 heterocycles. The fraction of sp³-hybridized carbons (Fsp3) is 0.750. The van der Waals surface area contributed by atoms with Crippen LogP contribution in [0.4, 0.5) is 4.39 Å². The summed E-state index contributed by atoms with van der Waals surface area (Å²) >= 11 is 0. The van der Waals surface area contributed by atoms with Crippen molar-refractivity contribution >= 4 is 0 Å². The van der Waals surface area contributed by atoms with Crippen molar-refractivity contribution < 1.29 is 4.39 Å². The van der Waals surface area contributed by atoms with Crippen LogP contribution in [0.2, 0.25) is 0 Å². The minimum atomic E-state index is -0.167. The Bertz CT molecular complexity index is 329. The molecule has 0 amide bonds. The maximum Gasteiger partial charge on any atom is 0.0952 e. The first kappa shape index (κ1) is 11.6. The molecular weight excluding hydrogens is 205 g/mol. The number of nitrogens with one attached hydrogen (secondary N) is 1. The smallest absolute Gasteiger partial charge is 0.0952 e. The van der Waals surface area contributed by atoms with E-state index in [9.17, 15) is 4.39 Å². The minimum absolute atomic E-state index is 0.167. The average Bonchev–Trinajstić information content (AvgIpc) is 2.64. The molecule has 0 aromatic carbocycles. The second kappa shape index (κ2) is 4.95. The lowest BCUT2D eigenvalue weighted by Crippen LogP contribution is -2.41. The molecule has 90 valence electrons. The molecular formula is C12H20FN3. The number of nitrogens with zero attached hydrogens (tertiary/aromatic N) is 2. The molecule has 0 saturated heterocycles. The van der Waals surface area contributed by atoms with Gasteiger partial charge in [-0.05, 0) is 32.6 Å². The summed E-state index contributed by atoms with van der Waals surface area (Å²) < 4.78 is 14.3. The lowest BCUT2D eigenvalue weighted by Gasteiger charge is -2.34. The summed E-state index contributed by atoms with van der Waals surface area (Å²) in [5.74, 6) is 0.297. The third-order valence-electron chi connectivity index (χ3n) is 3.28. The quantitative estimate of drug-likeness (QED) is 0.833. The molecule has 1 aliphatic rings. The summed E-state index contributed by atoms with van der Waals surface area (Å²) in [5, 5.41) is 3.41. The van der Waals surface area contributed by atoms with Crippen molar-refractivity contribution in [3.05, 3.63) is 18.2 Å². The van der Waals surface area contributed by atoms with Gasteiger partial charge in [0.2, 0.25) is 0 Å².